The standard InChI is InChI=1S/C11H17N5S2/c1-6(2)8-9(10-13-11(17)15-14-10)18-7(12-8)5-16(3)4/h6H,5H2,1-4H3,(H2,13,14,15,17). The third-order valence-corrected chi connectivity index (χ3v) is 3.67. The van der Waals surface area contributed by atoms with Gasteiger partial charge in [-0.15, -0.1) is 11.3 Å². The van der Waals surface area contributed by atoms with Crippen LogP contribution in [0.3, 0.4) is 0 Å². The summed E-state index contributed by atoms with van der Waals surface area (Å²) in [5, 5.41) is 6.93. The SMILES string of the molecule is CC(C)c1nc(CN(C)C)sc1-c1nc(=S)[nH][nH]1. The zero-order valence-electron chi connectivity index (χ0n) is 10.9. The largest absolute Gasteiger partial charge is 0.303 e. The predicted molar refractivity (Wildman–Crippen MR) is 76.4 cm³/mol. The first-order valence-electron chi connectivity index (χ1n) is 5.76. The number of hydrogen-bond donors (Lipinski definition) is 2. The average Bonchev–Trinajstić information content (AvgIpc) is 2.83. The normalized spacial score (nSPS) is 11.7. The highest BCUT2D eigenvalue weighted by atomic mass is 32.1. The molecule has 0 aliphatic rings. The molecule has 2 rings (SSSR count). The molecule has 0 amide bonds. The van der Waals surface area contributed by atoms with Crippen LogP contribution in [0.5, 0.6) is 0 Å². The molecule has 0 unspecified atom stereocenters. The van der Waals surface area contributed by atoms with Gasteiger partial charge in [-0.05, 0) is 32.2 Å². The molecule has 98 valence electrons. The minimum Gasteiger partial charge on any atom is -0.303 e. The van der Waals surface area contributed by atoms with E-state index in [0.29, 0.717) is 10.7 Å². The number of rotatable bonds is 4. The number of hydrogen-bond acceptors (Lipinski definition) is 5. The van der Waals surface area contributed by atoms with E-state index < -0.39 is 0 Å². The zero-order chi connectivity index (χ0) is 13.3. The highest BCUT2D eigenvalue weighted by Crippen LogP contribution is 2.32. The Morgan fingerprint density at radius 1 is 1.28 bits per heavy atom. The summed E-state index contributed by atoms with van der Waals surface area (Å²) >= 11 is 6.67. The van der Waals surface area contributed by atoms with E-state index in [1.807, 2.05) is 14.1 Å². The molecule has 0 bridgehead atoms. The molecule has 0 spiro atoms. The fourth-order valence-corrected chi connectivity index (χ4v) is 3.08. The molecule has 0 atom stereocenters. The van der Waals surface area contributed by atoms with E-state index in [2.05, 4.69) is 33.9 Å². The maximum atomic E-state index is 5.00. The van der Waals surface area contributed by atoms with Gasteiger partial charge in [-0.25, -0.2) is 4.98 Å². The van der Waals surface area contributed by atoms with E-state index in [-0.39, 0.29) is 0 Å². The van der Waals surface area contributed by atoms with Crippen molar-refractivity contribution in [1.82, 2.24) is 25.1 Å². The van der Waals surface area contributed by atoms with Crippen LogP contribution in [-0.4, -0.2) is 39.2 Å². The summed E-state index contributed by atoms with van der Waals surface area (Å²) in [6.45, 7) is 5.12. The third-order valence-electron chi connectivity index (χ3n) is 2.41. The van der Waals surface area contributed by atoms with Gasteiger partial charge >= 0.3 is 0 Å². The molecular weight excluding hydrogens is 266 g/mol. The van der Waals surface area contributed by atoms with Crippen LogP contribution in [-0.2, 0) is 6.54 Å². The van der Waals surface area contributed by atoms with Crippen molar-refractivity contribution in [1.29, 1.82) is 0 Å². The van der Waals surface area contributed by atoms with E-state index in [9.17, 15) is 0 Å². The molecule has 0 fully saturated rings. The summed E-state index contributed by atoms with van der Waals surface area (Å²) in [6, 6.07) is 0. The zero-order valence-corrected chi connectivity index (χ0v) is 12.6. The van der Waals surface area contributed by atoms with Crippen LogP contribution >= 0.6 is 23.6 Å². The molecule has 2 heterocycles. The molecule has 0 radical (unpaired) electrons. The van der Waals surface area contributed by atoms with Crippen molar-refractivity contribution >= 4 is 23.6 Å². The van der Waals surface area contributed by atoms with Crippen molar-refractivity contribution in [3.05, 3.63) is 15.5 Å². The molecular formula is C11H17N5S2. The lowest BCUT2D eigenvalue weighted by Gasteiger charge is -2.05. The van der Waals surface area contributed by atoms with E-state index in [4.69, 9.17) is 17.2 Å². The topological polar surface area (TPSA) is 60.6 Å². The molecule has 18 heavy (non-hydrogen) atoms. The first kappa shape index (κ1) is 13.4. The molecule has 5 nitrogen and oxygen atoms in total. The summed E-state index contributed by atoms with van der Waals surface area (Å²) in [4.78, 5) is 12.2. The van der Waals surface area contributed by atoms with Crippen LogP contribution in [0.15, 0.2) is 0 Å². The molecule has 7 heteroatoms. The Balaban J connectivity index is 2.44. The van der Waals surface area contributed by atoms with E-state index in [1.165, 1.54) is 0 Å². The molecule has 0 aliphatic heterocycles. The molecule has 0 aliphatic carbocycles. The molecule has 0 saturated heterocycles. The lowest BCUT2D eigenvalue weighted by atomic mass is 10.1. The Hall–Kier alpha value is -1.05. The summed E-state index contributed by atoms with van der Waals surface area (Å²) in [5.41, 5.74) is 1.08. The van der Waals surface area contributed by atoms with Crippen molar-refractivity contribution in [3.8, 4) is 10.7 Å². The van der Waals surface area contributed by atoms with Gasteiger partial charge in [-0.1, -0.05) is 13.8 Å². The van der Waals surface area contributed by atoms with E-state index in [1.54, 1.807) is 11.3 Å². The summed E-state index contributed by atoms with van der Waals surface area (Å²) in [6.07, 6.45) is 0. The Kier molecular flexibility index (Phi) is 3.94. The number of nitrogens with zero attached hydrogens (tertiary/aromatic N) is 3. The molecule has 2 aromatic heterocycles. The Morgan fingerprint density at radius 2 is 2.00 bits per heavy atom. The number of aromatic nitrogens is 4. The molecule has 2 aromatic rings. The lowest BCUT2D eigenvalue weighted by molar-refractivity contribution is 0.401. The highest BCUT2D eigenvalue weighted by Gasteiger charge is 2.18. The first-order chi connectivity index (χ1) is 8.47. The van der Waals surface area contributed by atoms with Crippen molar-refractivity contribution in [2.24, 2.45) is 0 Å². The summed E-state index contributed by atoms with van der Waals surface area (Å²) in [5.74, 6) is 1.15. The average molecular weight is 283 g/mol. The van der Waals surface area contributed by atoms with Crippen LogP contribution < -0.4 is 0 Å². The fourth-order valence-electron chi connectivity index (χ4n) is 1.65. The second kappa shape index (κ2) is 5.29. The Morgan fingerprint density at radius 3 is 2.50 bits per heavy atom. The number of H-pyrrole nitrogens is 2. The van der Waals surface area contributed by atoms with Gasteiger partial charge < -0.3 is 4.90 Å². The van der Waals surface area contributed by atoms with Crippen molar-refractivity contribution in [2.45, 2.75) is 26.3 Å². The third kappa shape index (κ3) is 2.85. The summed E-state index contributed by atoms with van der Waals surface area (Å²) in [7, 11) is 4.08. The lowest BCUT2D eigenvalue weighted by Crippen LogP contribution is -2.10. The number of thiazole rings is 1. The smallest absolute Gasteiger partial charge is 0.213 e. The van der Waals surface area contributed by atoms with Crippen LogP contribution in [0.25, 0.3) is 10.7 Å². The predicted octanol–water partition coefficient (Wildman–Crippen LogP) is 2.78. The Labute approximate surface area is 115 Å². The van der Waals surface area contributed by atoms with Gasteiger partial charge in [0.05, 0.1) is 10.6 Å². The van der Waals surface area contributed by atoms with Crippen LogP contribution in [0.4, 0.5) is 0 Å². The van der Waals surface area contributed by atoms with Crippen molar-refractivity contribution in [3.63, 3.8) is 0 Å². The second-order valence-electron chi connectivity index (χ2n) is 4.73. The maximum Gasteiger partial charge on any atom is 0.213 e. The van der Waals surface area contributed by atoms with Crippen molar-refractivity contribution in [2.75, 3.05) is 14.1 Å². The molecule has 0 saturated carbocycles. The van der Waals surface area contributed by atoms with Crippen LogP contribution in [0.2, 0.25) is 0 Å². The number of aromatic amines is 2. The monoisotopic (exact) mass is 283 g/mol. The maximum absolute atomic E-state index is 5.00. The summed E-state index contributed by atoms with van der Waals surface area (Å²) < 4.78 is 0.474. The fraction of sp³-hybridized carbons (Fsp3) is 0.545. The van der Waals surface area contributed by atoms with Gasteiger partial charge in [-0.3, -0.25) is 10.2 Å². The van der Waals surface area contributed by atoms with Gasteiger partial charge in [-0.2, -0.15) is 4.98 Å². The van der Waals surface area contributed by atoms with Gasteiger partial charge in [0.2, 0.25) is 4.77 Å². The van der Waals surface area contributed by atoms with E-state index in [0.717, 1.165) is 27.9 Å². The minimum absolute atomic E-state index is 0.367. The van der Waals surface area contributed by atoms with Gasteiger partial charge in [0.15, 0.2) is 5.82 Å². The quantitative estimate of drug-likeness (QED) is 0.847. The molecule has 2 N–H and O–H groups in total. The van der Waals surface area contributed by atoms with Crippen molar-refractivity contribution < 1.29 is 0 Å². The number of nitrogens with one attached hydrogen (secondary N) is 2. The van der Waals surface area contributed by atoms with Gasteiger partial charge in [0.25, 0.3) is 0 Å². The Bertz CT molecular complexity index is 578. The second-order valence-corrected chi connectivity index (χ2v) is 6.20. The van der Waals surface area contributed by atoms with E-state index >= 15 is 0 Å². The van der Waals surface area contributed by atoms with Gasteiger partial charge in [0, 0.05) is 6.54 Å². The van der Waals surface area contributed by atoms with Crippen LogP contribution in [0, 0.1) is 4.77 Å². The van der Waals surface area contributed by atoms with Crippen LogP contribution in [0.1, 0.15) is 30.5 Å². The first-order valence-corrected chi connectivity index (χ1v) is 6.99. The molecule has 0 aromatic carbocycles. The highest BCUT2D eigenvalue weighted by molar-refractivity contribution is 7.71. The van der Waals surface area contributed by atoms with Gasteiger partial charge in [0.1, 0.15) is 5.01 Å². The minimum atomic E-state index is 0.367.